The van der Waals surface area contributed by atoms with Gasteiger partial charge in [0.25, 0.3) is 5.56 Å². The van der Waals surface area contributed by atoms with Crippen LogP contribution in [0.1, 0.15) is 24.7 Å². The van der Waals surface area contributed by atoms with E-state index >= 15 is 0 Å². The Morgan fingerprint density at radius 2 is 2.07 bits per heavy atom. The zero-order valence-electron chi connectivity index (χ0n) is 16.3. The molecule has 7 heteroatoms. The van der Waals surface area contributed by atoms with Crippen molar-refractivity contribution in [3.8, 4) is 5.75 Å². The summed E-state index contributed by atoms with van der Waals surface area (Å²) < 4.78 is 5.31. The lowest BCUT2D eigenvalue weighted by molar-refractivity contribution is -0.126. The molecular formula is C22H22ClN3O3. The Kier molecular flexibility index (Phi) is 6.67. The zero-order chi connectivity index (χ0) is 20.8. The van der Waals surface area contributed by atoms with Crippen LogP contribution in [0.5, 0.6) is 5.75 Å². The normalized spacial score (nSPS) is 11.1. The Bertz CT molecular complexity index is 1110. The highest BCUT2D eigenvalue weighted by Gasteiger charge is 2.13. The monoisotopic (exact) mass is 411 g/mol. The first kappa shape index (κ1) is 20.6. The van der Waals surface area contributed by atoms with Crippen molar-refractivity contribution in [1.82, 2.24) is 14.9 Å². The molecule has 0 atom stereocenters. The van der Waals surface area contributed by atoms with Crippen LogP contribution in [-0.2, 0) is 11.3 Å². The van der Waals surface area contributed by atoms with E-state index in [1.54, 1.807) is 36.3 Å². The van der Waals surface area contributed by atoms with E-state index in [4.69, 9.17) is 16.3 Å². The van der Waals surface area contributed by atoms with Crippen molar-refractivity contribution < 1.29 is 9.53 Å². The van der Waals surface area contributed by atoms with Gasteiger partial charge < -0.3 is 14.6 Å². The Morgan fingerprint density at radius 3 is 2.83 bits per heavy atom. The number of carbonyl (C=O) groups is 1. The van der Waals surface area contributed by atoms with Crippen LogP contribution in [0, 0.1) is 0 Å². The molecule has 1 aromatic heterocycles. The smallest absolute Gasteiger partial charge is 0.258 e. The van der Waals surface area contributed by atoms with Crippen molar-refractivity contribution in [2.45, 2.75) is 19.9 Å². The van der Waals surface area contributed by atoms with Crippen molar-refractivity contribution in [3.05, 3.63) is 75.3 Å². The van der Waals surface area contributed by atoms with E-state index in [0.29, 0.717) is 34.0 Å². The maximum atomic E-state index is 12.8. The Balaban J connectivity index is 1.84. The number of fused-ring (bicyclic) bond motifs is 1. The number of para-hydroxylation sites is 1. The van der Waals surface area contributed by atoms with Crippen LogP contribution < -0.4 is 10.3 Å². The molecule has 0 aliphatic heterocycles. The van der Waals surface area contributed by atoms with Gasteiger partial charge in [-0.1, -0.05) is 36.7 Å². The summed E-state index contributed by atoms with van der Waals surface area (Å²) in [6, 6.07) is 12.4. The number of hydrogen-bond donors (Lipinski definition) is 1. The summed E-state index contributed by atoms with van der Waals surface area (Å²) >= 11 is 6.02. The van der Waals surface area contributed by atoms with Gasteiger partial charge in [-0.3, -0.25) is 9.59 Å². The number of hydrogen-bond acceptors (Lipinski definition) is 4. The number of nitrogens with one attached hydrogen (secondary N) is 1. The second-order valence-corrected chi connectivity index (χ2v) is 6.95. The van der Waals surface area contributed by atoms with E-state index < -0.39 is 0 Å². The molecule has 3 aromatic rings. The molecule has 0 saturated carbocycles. The van der Waals surface area contributed by atoms with Crippen molar-refractivity contribution in [1.29, 1.82) is 0 Å². The molecule has 1 amide bonds. The minimum absolute atomic E-state index is 0.174. The highest BCUT2D eigenvalue weighted by atomic mass is 35.5. The number of aromatic nitrogens is 2. The fraction of sp³-hybridized carbons (Fsp3) is 0.227. The lowest BCUT2D eigenvalue weighted by atomic mass is 10.2. The van der Waals surface area contributed by atoms with E-state index in [-0.39, 0.29) is 18.0 Å². The molecule has 0 bridgehead atoms. The standard InChI is InChI=1S/C22H22ClN3O3/c1-3-12-26(21(27)11-8-15-6-4-5-7-19(15)29-2)14-20-24-18-13-16(23)9-10-17(18)22(28)25-20/h4-11,13H,3,12,14H2,1-2H3,(H,24,25,28). The topological polar surface area (TPSA) is 75.3 Å². The summed E-state index contributed by atoms with van der Waals surface area (Å²) in [5, 5.41) is 0.963. The summed E-state index contributed by atoms with van der Waals surface area (Å²) in [4.78, 5) is 34.0. The quantitative estimate of drug-likeness (QED) is 0.595. The minimum atomic E-state index is -0.255. The highest BCUT2D eigenvalue weighted by molar-refractivity contribution is 6.31. The fourth-order valence-corrected chi connectivity index (χ4v) is 3.19. The van der Waals surface area contributed by atoms with Gasteiger partial charge in [-0.25, -0.2) is 4.98 Å². The average molecular weight is 412 g/mol. The van der Waals surface area contributed by atoms with Crippen molar-refractivity contribution in [2.24, 2.45) is 0 Å². The molecule has 6 nitrogen and oxygen atoms in total. The molecule has 0 aliphatic rings. The summed E-state index contributed by atoms with van der Waals surface area (Å²) in [6.45, 7) is 2.72. The first-order valence-electron chi connectivity index (χ1n) is 9.30. The molecule has 0 unspecified atom stereocenters. The number of benzene rings is 2. The molecule has 150 valence electrons. The maximum Gasteiger partial charge on any atom is 0.258 e. The number of carbonyl (C=O) groups excluding carboxylic acids is 1. The second-order valence-electron chi connectivity index (χ2n) is 6.51. The Hall–Kier alpha value is -3.12. The molecule has 0 radical (unpaired) electrons. The molecule has 0 aliphatic carbocycles. The molecule has 29 heavy (non-hydrogen) atoms. The number of H-pyrrole nitrogens is 1. The third-order valence-corrected chi connectivity index (χ3v) is 4.64. The van der Waals surface area contributed by atoms with Crippen LogP contribution >= 0.6 is 11.6 Å². The van der Waals surface area contributed by atoms with E-state index in [0.717, 1.165) is 12.0 Å². The van der Waals surface area contributed by atoms with Gasteiger partial charge in [0.05, 0.1) is 24.6 Å². The predicted molar refractivity (Wildman–Crippen MR) is 115 cm³/mol. The van der Waals surface area contributed by atoms with E-state index in [9.17, 15) is 9.59 Å². The summed E-state index contributed by atoms with van der Waals surface area (Å²) in [5.41, 5.74) is 1.06. The van der Waals surface area contributed by atoms with Crippen LogP contribution in [0.3, 0.4) is 0 Å². The predicted octanol–water partition coefficient (Wildman–Crippen LogP) is 4.04. The zero-order valence-corrected chi connectivity index (χ0v) is 17.1. The molecule has 3 rings (SSSR count). The average Bonchev–Trinajstić information content (AvgIpc) is 2.71. The van der Waals surface area contributed by atoms with Gasteiger partial charge in [-0.15, -0.1) is 0 Å². The Morgan fingerprint density at radius 1 is 1.28 bits per heavy atom. The summed E-state index contributed by atoms with van der Waals surface area (Å²) in [7, 11) is 1.59. The number of halogens is 1. The highest BCUT2D eigenvalue weighted by Crippen LogP contribution is 2.19. The van der Waals surface area contributed by atoms with Crippen molar-refractivity contribution in [3.63, 3.8) is 0 Å². The van der Waals surface area contributed by atoms with Gasteiger partial charge in [0, 0.05) is 23.2 Å². The Labute approximate surface area is 173 Å². The number of nitrogens with zero attached hydrogens (tertiary/aromatic N) is 2. The van der Waals surface area contributed by atoms with Gasteiger partial charge in [-0.05, 0) is 36.8 Å². The summed E-state index contributed by atoms with van der Waals surface area (Å²) in [6.07, 6.45) is 4.00. The maximum absolute atomic E-state index is 12.8. The molecule has 0 spiro atoms. The van der Waals surface area contributed by atoms with Crippen LogP contribution in [0.4, 0.5) is 0 Å². The van der Waals surface area contributed by atoms with Gasteiger partial charge in [-0.2, -0.15) is 0 Å². The third-order valence-electron chi connectivity index (χ3n) is 4.41. The van der Waals surface area contributed by atoms with E-state index in [1.807, 2.05) is 31.2 Å². The van der Waals surface area contributed by atoms with Gasteiger partial charge in [0.15, 0.2) is 0 Å². The number of amides is 1. The molecule has 2 aromatic carbocycles. The van der Waals surface area contributed by atoms with Crippen LogP contribution in [0.25, 0.3) is 17.0 Å². The second kappa shape index (κ2) is 9.39. The first-order chi connectivity index (χ1) is 14.0. The molecule has 1 N–H and O–H groups in total. The van der Waals surface area contributed by atoms with Gasteiger partial charge in [0.1, 0.15) is 11.6 Å². The minimum Gasteiger partial charge on any atom is -0.496 e. The first-order valence-corrected chi connectivity index (χ1v) is 9.68. The molecule has 1 heterocycles. The van der Waals surface area contributed by atoms with Crippen LogP contribution in [0.15, 0.2) is 53.3 Å². The van der Waals surface area contributed by atoms with Gasteiger partial charge in [0.2, 0.25) is 5.91 Å². The lowest BCUT2D eigenvalue weighted by Gasteiger charge is -2.20. The largest absolute Gasteiger partial charge is 0.496 e. The fourth-order valence-electron chi connectivity index (χ4n) is 3.02. The molecular weight excluding hydrogens is 390 g/mol. The van der Waals surface area contributed by atoms with Crippen LogP contribution in [-0.4, -0.2) is 34.4 Å². The van der Waals surface area contributed by atoms with E-state index in [2.05, 4.69) is 9.97 Å². The van der Waals surface area contributed by atoms with Gasteiger partial charge >= 0.3 is 0 Å². The van der Waals surface area contributed by atoms with Crippen molar-refractivity contribution in [2.75, 3.05) is 13.7 Å². The summed E-state index contributed by atoms with van der Waals surface area (Å²) in [5.74, 6) is 0.930. The lowest BCUT2D eigenvalue weighted by Crippen LogP contribution is -2.31. The number of aromatic amines is 1. The number of methoxy groups -OCH3 is 1. The molecule has 0 fully saturated rings. The third kappa shape index (κ3) is 5.03. The number of ether oxygens (including phenoxy) is 1. The van der Waals surface area contributed by atoms with Crippen molar-refractivity contribution >= 4 is 34.5 Å². The number of rotatable bonds is 7. The molecule has 0 saturated heterocycles. The SMILES string of the molecule is CCCN(Cc1nc2cc(Cl)ccc2c(=O)[nH]1)C(=O)C=Cc1ccccc1OC. The van der Waals surface area contributed by atoms with E-state index in [1.165, 1.54) is 6.08 Å². The van der Waals surface area contributed by atoms with Crippen LogP contribution in [0.2, 0.25) is 5.02 Å².